The maximum atomic E-state index is 12.5. The number of esters is 3. The Bertz CT molecular complexity index is 2430. The lowest BCUT2D eigenvalue weighted by Gasteiger charge is -2.66. The molecule has 0 saturated heterocycles. The fourth-order valence-corrected chi connectivity index (χ4v) is 21.6. The number of hydrogen-bond donors (Lipinski definition) is 2. The van der Waals surface area contributed by atoms with E-state index in [9.17, 15) is 38.8 Å². The van der Waals surface area contributed by atoms with Crippen LogP contribution in [0.1, 0.15) is 232 Å². The largest absolute Gasteiger partial charge is 0.529 e. The van der Waals surface area contributed by atoms with E-state index in [1.165, 1.54) is 70.7 Å². The van der Waals surface area contributed by atoms with Gasteiger partial charge in [0.05, 0.1) is 52.3 Å². The number of rotatable bonds is 15. The van der Waals surface area contributed by atoms with E-state index in [4.69, 9.17) is 23.0 Å². The number of methoxy groups -OCH3 is 3. The minimum absolute atomic E-state index is 0.0771. The van der Waals surface area contributed by atoms with Crippen molar-refractivity contribution in [3.63, 3.8) is 0 Å². The van der Waals surface area contributed by atoms with Crippen molar-refractivity contribution in [1.29, 1.82) is 0 Å². The number of fused-ring (bicyclic) bond motifs is 4. The average Bonchev–Trinajstić information content (AvgIpc) is 1.39. The number of carbonyl (C=O) groups excluding carboxylic acids is 5. The predicted molar refractivity (Wildman–Crippen MR) is 356 cm³/mol. The van der Waals surface area contributed by atoms with Gasteiger partial charge in [0, 0.05) is 27.1 Å². The summed E-state index contributed by atoms with van der Waals surface area (Å²) >= 11 is 5.07. The van der Waals surface area contributed by atoms with E-state index < -0.39 is 31.2 Å². The van der Waals surface area contributed by atoms with Crippen LogP contribution in [0.2, 0.25) is 0 Å². The van der Waals surface area contributed by atoms with Crippen molar-refractivity contribution in [2.75, 3.05) is 34.5 Å². The maximum absolute atomic E-state index is 12.5. The first-order valence-corrected chi connectivity index (χ1v) is 36.4. The van der Waals surface area contributed by atoms with Gasteiger partial charge >= 0.3 is 25.7 Å². The van der Waals surface area contributed by atoms with Crippen LogP contribution >= 0.6 is 53.0 Å². The van der Waals surface area contributed by atoms with Crippen molar-refractivity contribution in [1.82, 2.24) is 0 Å². The summed E-state index contributed by atoms with van der Waals surface area (Å²) in [6.45, 7) is 32.7. The molecule has 0 aliphatic heterocycles. The molecule has 2 bridgehead atoms. The van der Waals surface area contributed by atoms with Crippen molar-refractivity contribution in [2.45, 2.75) is 252 Å². The molecule has 8 fully saturated rings. The van der Waals surface area contributed by atoms with Gasteiger partial charge in [0.1, 0.15) is 29.2 Å². The molecule has 8 rings (SSSR count). The number of halogens is 2. The number of phosphoric ester groups is 1. The molecule has 8 aliphatic rings. The van der Waals surface area contributed by atoms with Gasteiger partial charge < -0.3 is 28.9 Å². The Kier molecular flexibility index (Phi) is 26.1. The topological polar surface area (TPSA) is 198 Å². The third-order valence-electron chi connectivity index (χ3n) is 23.3. The van der Waals surface area contributed by atoms with E-state index in [2.05, 4.69) is 152 Å². The SMILES string of the molecule is CC1(O)CC[C@@]23CC1C[C@@H]2CC[C@H]1C(C)(C)C[C@H](O)C[C@@]13C.CCOP(=O)(OCC)O/C(=C\C(=O)OC)CC/C=C(\C)CCC=C(C)C.COC(=O)[C@H]1C(=O)CC[C@H]2C(C)(C)C(I)CC[C@]12C.COC(=O)[C@H]1C(=O)CC[C@H]2C(C)(C)[C@@H](I)CC[C@]12C. The molecule has 0 aromatic rings. The number of alkyl halides is 2. The van der Waals surface area contributed by atoms with Crippen LogP contribution in [0.15, 0.2) is 35.1 Å². The summed E-state index contributed by atoms with van der Waals surface area (Å²) in [7, 11) is 0.306. The normalized spacial score (nSPS) is 37.5. The second-order valence-corrected chi connectivity index (χ2v) is 34.7. The van der Waals surface area contributed by atoms with Crippen molar-refractivity contribution in [3.8, 4) is 0 Å². The standard InChI is InChI=1S/C20H34O2.C19H33O6P.2C15H23IO3/c1-17(2)11-15(21)12-18(3)16(17)6-5-13-9-14-10-20(13,18)8-7-19(14,4)22;1-7-23-26(21,24-8-2)25-18(15-19(20)22-6)14-10-13-17(5)12-9-11-16(3)4;2*1-14(2)10-6-5-9(17)12(13(18)19-4)15(10,3)8-7-11(14)16/h13-16,21-22H,5-12H2,1-4H3;11,13,15H,7-10,12,14H2,1-6H3;2*10-12H,5-8H2,1-4H3/b;17-13+,18-15-;;/t13-,14?,15-,16-,18-,19?,20+;;10-,11?,12+,15-;10-,11-,12+,15-/m0.00/s1. The number of ether oxygens (including phenoxy) is 3. The Balaban J connectivity index is 0.000000211. The van der Waals surface area contributed by atoms with Gasteiger partial charge in [0.25, 0.3) is 0 Å². The van der Waals surface area contributed by atoms with Crippen LogP contribution in [0, 0.1) is 79.3 Å². The van der Waals surface area contributed by atoms with Gasteiger partial charge in [-0.15, -0.1) is 0 Å². The van der Waals surface area contributed by atoms with Crippen molar-refractivity contribution >= 4 is 82.5 Å². The summed E-state index contributed by atoms with van der Waals surface area (Å²) in [6.07, 6.45) is 24.4. The number of ketones is 2. The van der Waals surface area contributed by atoms with E-state index in [1.54, 1.807) is 13.8 Å². The number of carbonyl (C=O) groups is 5. The third-order valence-corrected chi connectivity index (χ3v) is 29.4. The zero-order chi connectivity index (χ0) is 64.8. The highest BCUT2D eigenvalue weighted by atomic mass is 127. The van der Waals surface area contributed by atoms with Gasteiger partial charge in [-0.3, -0.25) is 28.2 Å². The zero-order valence-corrected chi connectivity index (χ0v) is 61.3. The van der Waals surface area contributed by atoms with Gasteiger partial charge in [-0.25, -0.2) is 9.36 Å². The molecule has 2 N–H and O–H groups in total. The van der Waals surface area contributed by atoms with E-state index in [-0.39, 0.29) is 81.1 Å². The van der Waals surface area contributed by atoms with E-state index in [0.29, 0.717) is 56.7 Å². The molecule has 1 spiro atoms. The van der Waals surface area contributed by atoms with Crippen molar-refractivity contribution in [3.05, 3.63) is 35.1 Å². The number of allylic oxidation sites excluding steroid dienone is 5. The molecular formula is C69H113I2O14P. The smallest absolute Gasteiger partial charge is 0.468 e. The van der Waals surface area contributed by atoms with Crippen molar-refractivity contribution < 1.29 is 66.5 Å². The molecule has 8 saturated carbocycles. The molecule has 0 aromatic heterocycles. The first kappa shape index (κ1) is 75.0. The molecule has 492 valence electrons. The highest BCUT2D eigenvalue weighted by Crippen LogP contribution is 2.75. The molecule has 86 heavy (non-hydrogen) atoms. The summed E-state index contributed by atoms with van der Waals surface area (Å²) in [5, 5.41) is 21.4. The minimum atomic E-state index is -3.74. The Morgan fingerprint density at radius 2 is 1.13 bits per heavy atom. The second-order valence-electron chi connectivity index (χ2n) is 30.1. The number of aliphatic hydroxyl groups excluding tert-OH is 1. The third kappa shape index (κ3) is 16.2. The zero-order valence-electron chi connectivity index (χ0n) is 56.1. The lowest BCUT2D eigenvalue weighted by Crippen LogP contribution is -2.60. The molecular weight excluding hydrogens is 1340 g/mol. The first-order valence-electron chi connectivity index (χ1n) is 32.4. The molecule has 0 amide bonds. The monoisotopic (exact) mass is 1450 g/mol. The molecule has 8 aliphatic carbocycles. The fraction of sp³-hybridized carbons (Fsp3) is 0.841. The predicted octanol–water partition coefficient (Wildman–Crippen LogP) is 16.6. The Morgan fingerprint density at radius 1 is 0.628 bits per heavy atom. The lowest BCUT2D eigenvalue weighted by molar-refractivity contribution is -0.193. The van der Waals surface area contributed by atoms with Crippen LogP contribution in [0.4, 0.5) is 0 Å². The summed E-state index contributed by atoms with van der Waals surface area (Å²) in [5.74, 6) is 0.855. The summed E-state index contributed by atoms with van der Waals surface area (Å²) in [5.41, 5.74) is 2.89. The summed E-state index contributed by atoms with van der Waals surface area (Å²) in [6, 6.07) is 0. The first-order chi connectivity index (χ1) is 39.9. The van der Waals surface area contributed by atoms with Gasteiger partial charge in [0.2, 0.25) is 0 Å². The van der Waals surface area contributed by atoms with Gasteiger partial charge in [-0.2, -0.15) is 0 Å². The maximum Gasteiger partial charge on any atom is 0.529 e. The Labute approximate surface area is 546 Å². The van der Waals surface area contributed by atoms with E-state index >= 15 is 0 Å². The molecule has 0 aromatic carbocycles. The Hall–Kier alpha value is -1.70. The van der Waals surface area contributed by atoms with Gasteiger partial charge in [-0.1, -0.05) is 131 Å². The number of phosphoric acid groups is 1. The lowest BCUT2D eigenvalue weighted by atomic mass is 9.39. The average molecular weight is 1450 g/mol. The number of hydrogen-bond acceptors (Lipinski definition) is 14. The second kappa shape index (κ2) is 29.9. The van der Waals surface area contributed by atoms with Gasteiger partial charge in [0.15, 0.2) is 0 Å². The van der Waals surface area contributed by atoms with E-state index in [1.807, 2.05) is 0 Å². The molecule has 0 heterocycles. The Morgan fingerprint density at radius 3 is 1.59 bits per heavy atom. The summed E-state index contributed by atoms with van der Waals surface area (Å²) < 4.78 is 43.8. The quantitative estimate of drug-likeness (QED) is 0.0181. The number of aliphatic hydroxyl groups is 2. The molecule has 15 atom stereocenters. The minimum Gasteiger partial charge on any atom is -0.468 e. The van der Waals surface area contributed by atoms with Crippen LogP contribution in [0.25, 0.3) is 0 Å². The highest BCUT2D eigenvalue weighted by molar-refractivity contribution is 14.1. The van der Waals surface area contributed by atoms with Crippen LogP contribution in [0.5, 0.6) is 0 Å². The van der Waals surface area contributed by atoms with Gasteiger partial charge in [-0.05, 0) is 218 Å². The highest BCUT2D eigenvalue weighted by Gasteiger charge is 2.69. The molecule has 14 nitrogen and oxygen atoms in total. The van der Waals surface area contributed by atoms with Crippen LogP contribution in [-0.2, 0) is 56.3 Å². The van der Waals surface area contributed by atoms with Crippen LogP contribution < -0.4 is 0 Å². The van der Waals surface area contributed by atoms with E-state index in [0.717, 1.165) is 82.5 Å². The summed E-state index contributed by atoms with van der Waals surface area (Å²) in [4.78, 5) is 60.2. The molecule has 3 unspecified atom stereocenters. The van der Waals surface area contributed by atoms with Crippen LogP contribution in [-0.4, -0.2) is 93.8 Å². The van der Waals surface area contributed by atoms with Crippen molar-refractivity contribution in [2.24, 2.45) is 79.3 Å². The number of Topliss-reactive ketones (excluding diaryl/α,β-unsaturated/α-hetero) is 2. The molecule has 0 radical (unpaired) electrons. The fourth-order valence-electron chi connectivity index (χ4n) is 18.9. The van der Waals surface area contributed by atoms with Crippen LogP contribution in [0.3, 0.4) is 0 Å². The molecule has 17 heteroatoms.